The molecular weight excluding hydrogens is 290 g/mol. The first-order chi connectivity index (χ1) is 9.02. The van der Waals surface area contributed by atoms with E-state index < -0.39 is 17.5 Å². The average Bonchev–Trinajstić information content (AvgIpc) is 2.90. The zero-order valence-electron chi connectivity index (χ0n) is 10.5. The molecule has 2 heterocycles. The lowest BCUT2D eigenvalue weighted by Gasteiger charge is -1.99. The smallest absolute Gasteiger partial charge is 0.351 e. The number of methoxy groups -OCH3 is 1. The quantitative estimate of drug-likeness (QED) is 0.635. The van der Waals surface area contributed by atoms with Gasteiger partial charge in [0.15, 0.2) is 0 Å². The van der Waals surface area contributed by atoms with Crippen molar-refractivity contribution < 1.29 is 19.1 Å². The molecule has 6 nitrogen and oxygen atoms in total. The highest BCUT2D eigenvalue weighted by molar-refractivity contribution is 7.71. The Labute approximate surface area is 115 Å². The van der Waals surface area contributed by atoms with Crippen LogP contribution in [0.2, 0.25) is 0 Å². The second kappa shape index (κ2) is 5.14. The van der Waals surface area contributed by atoms with E-state index in [-0.39, 0.29) is 12.2 Å². The van der Waals surface area contributed by atoms with Crippen LogP contribution in [0.1, 0.15) is 27.0 Å². The Kier molecular flexibility index (Phi) is 3.72. The molecule has 0 amide bonds. The van der Waals surface area contributed by atoms with E-state index in [1.54, 1.807) is 6.92 Å². The van der Waals surface area contributed by atoms with Crippen molar-refractivity contribution in [1.82, 2.24) is 4.57 Å². The molecule has 0 aliphatic carbocycles. The fraction of sp³-hybridized carbons (Fsp3) is 0.364. The highest BCUT2D eigenvalue weighted by Crippen LogP contribution is 2.39. The van der Waals surface area contributed by atoms with E-state index in [0.29, 0.717) is 15.4 Å². The molecule has 0 aromatic rings. The summed E-state index contributed by atoms with van der Waals surface area (Å²) in [6, 6.07) is 0. The third kappa shape index (κ3) is 2.06. The fourth-order valence-electron chi connectivity index (χ4n) is 1.70. The van der Waals surface area contributed by atoms with Crippen molar-refractivity contribution in [1.29, 1.82) is 0 Å². The molecular formula is C11H11NO5S2. The van der Waals surface area contributed by atoms with Gasteiger partial charge in [-0.05, 0) is 6.92 Å². The maximum Gasteiger partial charge on any atom is 0.351 e. The summed E-state index contributed by atoms with van der Waals surface area (Å²) in [5.41, 5.74) is -0.0525. The van der Waals surface area contributed by atoms with Gasteiger partial charge in [0.1, 0.15) is 10.4 Å². The van der Waals surface area contributed by atoms with Gasteiger partial charge in [0.25, 0.3) is 5.56 Å². The third-order valence-electron chi connectivity index (χ3n) is 2.57. The molecule has 19 heavy (non-hydrogen) atoms. The third-order valence-corrected chi connectivity index (χ3v) is 4.99. The first-order valence-corrected chi connectivity index (χ1v) is 7.54. The minimum absolute atomic E-state index is 0.0178. The van der Waals surface area contributed by atoms with Crippen molar-refractivity contribution in [3.05, 3.63) is 20.8 Å². The van der Waals surface area contributed by atoms with E-state index in [2.05, 4.69) is 4.74 Å². The number of hydrogen-bond donors (Lipinski definition) is 0. The normalized spacial score (nSPS) is 10.7. The highest BCUT2D eigenvalue weighted by Gasteiger charge is 2.32. The number of aromatic nitrogens is 1. The van der Waals surface area contributed by atoms with Crippen LogP contribution in [0.4, 0.5) is 0 Å². The SMILES string of the molecule is CCOC(=O)c1c2ssc(C(=O)OC)c-2n(C)c1=O. The number of fused-ring (bicyclic) bond motifs is 1. The van der Waals surface area contributed by atoms with Crippen molar-refractivity contribution in [2.45, 2.75) is 6.92 Å². The minimum Gasteiger partial charge on any atom is -0.465 e. The van der Waals surface area contributed by atoms with Gasteiger partial charge in [-0.2, -0.15) is 0 Å². The summed E-state index contributed by atoms with van der Waals surface area (Å²) < 4.78 is 10.8. The molecule has 2 rings (SSSR count). The molecule has 0 aromatic carbocycles. The molecule has 0 radical (unpaired) electrons. The predicted octanol–water partition coefficient (Wildman–Crippen LogP) is 1.58. The van der Waals surface area contributed by atoms with Gasteiger partial charge in [0.05, 0.1) is 24.3 Å². The average molecular weight is 301 g/mol. The molecule has 0 fully saturated rings. The number of ether oxygens (including phenoxy) is 2. The minimum atomic E-state index is -0.663. The van der Waals surface area contributed by atoms with Crippen molar-refractivity contribution >= 4 is 32.6 Å². The topological polar surface area (TPSA) is 74.6 Å². The van der Waals surface area contributed by atoms with Gasteiger partial charge < -0.3 is 14.0 Å². The summed E-state index contributed by atoms with van der Waals surface area (Å²) in [6.45, 7) is 1.85. The molecule has 0 saturated carbocycles. The van der Waals surface area contributed by atoms with Crippen molar-refractivity contribution in [2.24, 2.45) is 7.05 Å². The first-order valence-electron chi connectivity index (χ1n) is 5.39. The van der Waals surface area contributed by atoms with E-state index in [9.17, 15) is 14.4 Å². The number of rotatable bonds is 3. The molecule has 0 aromatic heterocycles. The van der Waals surface area contributed by atoms with Gasteiger partial charge >= 0.3 is 11.9 Å². The van der Waals surface area contributed by atoms with E-state index in [1.165, 1.54) is 39.4 Å². The van der Waals surface area contributed by atoms with Gasteiger partial charge in [-0.25, -0.2) is 9.59 Å². The fourth-order valence-corrected chi connectivity index (χ4v) is 4.40. The predicted molar refractivity (Wildman–Crippen MR) is 71.4 cm³/mol. The maximum atomic E-state index is 12.1. The standard InChI is InChI=1S/C11H11NO5S2/c1-4-17-10(14)5-7-6(12(2)9(5)13)8(19-18-7)11(15)16-3/h4H2,1-3H3. The zero-order chi connectivity index (χ0) is 14.2. The molecule has 0 bridgehead atoms. The van der Waals surface area contributed by atoms with Crippen LogP contribution in [0.25, 0.3) is 10.6 Å². The van der Waals surface area contributed by atoms with E-state index in [0.717, 1.165) is 0 Å². The summed E-state index contributed by atoms with van der Waals surface area (Å²) in [6.07, 6.45) is 0. The van der Waals surface area contributed by atoms with Crippen LogP contribution in [0.15, 0.2) is 4.79 Å². The highest BCUT2D eigenvalue weighted by atomic mass is 32.9. The lowest BCUT2D eigenvalue weighted by atomic mass is 10.2. The second-order valence-electron chi connectivity index (χ2n) is 3.62. The van der Waals surface area contributed by atoms with Crippen LogP contribution >= 0.6 is 20.7 Å². The van der Waals surface area contributed by atoms with Crippen molar-refractivity contribution in [3.63, 3.8) is 0 Å². The lowest BCUT2D eigenvalue weighted by molar-refractivity contribution is 0.0524. The Bertz CT molecular complexity index is 665. The Hall–Kier alpha value is -1.67. The van der Waals surface area contributed by atoms with Gasteiger partial charge in [-0.1, -0.05) is 20.7 Å². The molecule has 0 N–H and O–H groups in total. The molecule has 8 heteroatoms. The Morgan fingerprint density at radius 2 is 1.95 bits per heavy atom. The summed E-state index contributed by atoms with van der Waals surface area (Å²) in [4.78, 5) is 36.3. The number of hydrogen-bond acceptors (Lipinski definition) is 7. The van der Waals surface area contributed by atoms with Crippen LogP contribution in [-0.4, -0.2) is 30.2 Å². The van der Waals surface area contributed by atoms with Crippen LogP contribution in [-0.2, 0) is 16.5 Å². The van der Waals surface area contributed by atoms with Crippen LogP contribution < -0.4 is 5.56 Å². The van der Waals surface area contributed by atoms with Crippen LogP contribution in [0.3, 0.4) is 0 Å². The number of carbonyl (C=O) groups excluding carboxylic acids is 2. The Balaban J connectivity index is 2.63. The Morgan fingerprint density at radius 1 is 1.26 bits per heavy atom. The van der Waals surface area contributed by atoms with E-state index in [1.807, 2.05) is 0 Å². The van der Waals surface area contributed by atoms with Gasteiger partial charge in [0.2, 0.25) is 0 Å². The van der Waals surface area contributed by atoms with Crippen molar-refractivity contribution in [3.8, 4) is 10.6 Å². The van der Waals surface area contributed by atoms with Crippen LogP contribution in [0, 0.1) is 0 Å². The molecule has 2 aliphatic rings. The lowest BCUT2D eigenvalue weighted by Crippen LogP contribution is -2.19. The van der Waals surface area contributed by atoms with Crippen LogP contribution in [0.5, 0.6) is 0 Å². The first kappa shape index (κ1) is 13.8. The summed E-state index contributed by atoms with van der Waals surface area (Å²) >= 11 is 0. The number of esters is 2. The molecule has 0 atom stereocenters. The number of nitrogens with zero attached hydrogens (tertiary/aromatic N) is 1. The summed E-state index contributed by atoms with van der Waals surface area (Å²) in [7, 11) is 5.15. The molecule has 0 saturated heterocycles. The van der Waals surface area contributed by atoms with Crippen molar-refractivity contribution in [2.75, 3.05) is 13.7 Å². The van der Waals surface area contributed by atoms with Gasteiger partial charge in [0, 0.05) is 7.05 Å². The van der Waals surface area contributed by atoms with E-state index >= 15 is 0 Å². The Morgan fingerprint density at radius 3 is 2.53 bits per heavy atom. The van der Waals surface area contributed by atoms with Gasteiger partial charge in [-0.15, -0.1) is 0 Å². The molecule has 0 spiro atoms. The summed E-state index contributed by atoms with van der Waals surface area (Å²) in [5.74, 6) is -1.18. The second-order valence-corrected chi connectivity index (χ2v) is 5.77. The van der Waals surface area contributed by atoms with E-state index in [4.69, 9.17) is 4.74 Å². The summed E-state index contributed by atoms with van der Waals surface area (Å²) in [5, 5.41) is 0. The molecule has 2 aliphatic heterocycles. The van der Waals surface area contributed by atoms with Gasteiger partial charge in [-0.3, -0.25) is 4.79 Å². The number of carbonyl (C=O) groups is 2. The molecule has 0 unspecified atom stereocenters. The monoisotopic (exact) mass is 301 g/mol. The maximum absolute atomic E-state index is 12.1. The molecule has 102 valence electrons. The zero-order valence-corrected chi connectivity index (χ0v) is 12.1. The largest absolute Gasteiger partial charge is 0.465 e.